The zero-order valence-corrected chi connectivity index (χ0v) is 13.4. The van der Waals surface area contributed by atoms with Crippen molar-refractivity contribution < 1.29 is 9.90 Å². The van der Waals surface area contributed by atoms with Crippen LogP contribution in [-0.2, 0) is 10.4 Å². The summed E-state index contributed by atoms with van der Waals surface area (Å²) in [5.74, 6) is 0.0653. The monoisotopic (exact) mass is 302 g/mol. The Morgan fingerprint density at radius 1 is 1.23 bits per heavy atom. The molecule has 4 heteroatoms. The molecule has 2 heterocycles. The van der Waals surface area contributed by atoms with Gasteiger partial charge in [0.05, 0.1) is 12.0 Å². The van der Waals surface area contributed by atoms with Crippen LogP contribution in [0, 0.1) is 0 Å². The van der Waals surface area contributed by atoms with E-state index in [2.05, 4.69) is 4.90 Å². The van der Waals surface area contributed by atoms with Crippen LogP contribution in [0.3, 0.4) is 0 Å². The molecule has 0 aromatic heterocycles. The molecule has 2 aliphatic heterocycles. The second kappa shape index (κ2) is 6.39. The summed E-state index contributed by atoms with van der Waals surface area (Å²) in [6.45, 7) is 5.73. The third-order valence-corrected chi connectivity index (χ3v) is 5.06. The molecule has 2 fully saturated rings. The van der Waals surface area contributed by atoms with Gasteiger partial charge in [-0.05, 0) is 44.8 Å². The van der Waals surface area contributed by atoms with E-state index in [9.17, 15) is 9.90 Å². The molecular weight excluding hydrogens is 276 g/mol. The van der Waals surface area contributed by atoms with Crippen molar-refractivity contribution in [1.29, 1.82) is 0 Å². The lowest BCUT2D eigenvalue weighted by molar-refractivity contribution is -0.135. The Labute approximate surface area is 132 Å². The lowest BCUT2D eigenvalue weighted by atomic mass is 9.92. The minimum atomic E-state index is -1.09. The second-order valence-corrected chi connectivity index (χ2v) is 6.84. The van der Waals surface area contributed by atoms with Crippen LogP contribution in [0.2, 0.25) is 0 Å². The van der Waals surface area contributed by atoms with Crippen LogP contribution >= 0.6 is 0 Å². The van der Waals surface area contributed by atoms with E-state index in [1.165, 1.54) is 25.9 Å². The Morgan fingerprint density at radius 2 is 1.91 bits per heavy atom. The Hall–Kier alpha value is -1.39. The van der Waals surface area contributed by atoms with Crippen molar-refractivity contribution >= 4 is 5.91 Å². The van der Waals surface area contributed by atoms with E-state index in [0.29, 0.717) is 6.04 Å². The highest BCUT2D eigenvalue weighted by molar-refractivity contribution is 5.77. The van der Waals surface area contributed by atoms with Gasteiger partial charge in [-0.1, -0.05) is 30.3 Å². The normalized spacial score (nSPS) is 25.4. The molecule has 1 amide bonds. The van der Waals surface area contributed by atoms with Gasteiger partial charge in [0.15, 0.2) is 0 Å². The molecule has 0 radical (unpaired) electrons. The number of carbonyl (C=O) groups excluding carboxylic acids is 1. The number of hydrogen-bond donors (Lipinski definition) is 1. The van der Waals surface area contributed by atoms with Crippen LogP contribution in [0.1, 0.15) is 38.2 Å². The van der Waals surface area contributed by atoms with E-state index in [4.69, 9.17) is 0 Å². The second-order valence-electron chi connectivity index (χ2n) is 6.84. The highest BCUT2D eigenvalue weighted by atomic mass is 16.3. The van der Waals surface area contributed by atoms with Gasteiger partial charge < -0.3 is 10.0 Å². The van der Waals surface area contributed by atoms with Gasteiger partial charge in [0, 0.05) is 19.1 Å². The molecule has 2 unspecified atom stereocenters. The summed E-state index contributed by atoms with van der Waals surface area (Å²) >= 11 is 0. The third-order valence-electron chi connectivity index (χ3n) is 5.06. The van der Waals surface area contributed by atoms with Crippen molar-refractivity contribution in [3.05, 3.63) is 35.9 Å². The minimum absolute atomic E-state index is 0.0653. The molecule has 0 saturated carbocycles. The lowest BCUT2D eigenvalue weighted by Crippen LogP contribution is -2.39. The standard InChI is InChI=1S/C18H26N2O2/c1-18(22,15-7-3-2-4-8-15)13-17(21)20-12-9-16(14-20)19-10-5-6-11-19/h2-4,7-8,16,22H,5-6,9-14H2,1H3. The molecule has 22 heavy (non-hydrogen) atoms. The highest BCUT2D eigenvalue weighted by Crippen LogP contribution is 2.27. The Kier molecular flexibility index (Phi) is 4.50. The minimum Gasteiger partial charge on any atom is -0.385 e. The van der Waals surface area contributed by atoms with Gasteiger partial charge in [0.1, 0.15) is 0 Å². The zero-order valence-electron chi connectivity index (χ0n) is 13.4. The van der Waals surface area contributed by atoms with Gasteiger partial charge in [0.2, 0.25) is 5.91 Å². The van der Waals surface area contributed by atoms with Crippen LogP contribution in [0.4, 0.5) is 0 Å². The van der Waals surface area contributed by atoms with Crippen molar-refractivity contribution in [2.75, 3.05) is 26.2 Å². The maximum atomic E-state index is 12.5. The predicted octanol–water partition coefficient (Wildman–Crippen LogP) is 1.98. The number of benzene rings is 1. The first kappa shape index (κ1) is 15.5. The van der Waals surface area contributed by atoms with Crippen LogP contribution in [0.5, 0.6) is 0 Å². The summed E-state index contributed by atoms with van der Waals surface area (Å²) in [6.07, 6.45) is 3.79. The molecule has 120 valence electrons. The fraction of sp³-hybridized carbons (Fsp3) is 0.611. The average molecular weight is 302 g/mol. The number of nitrogens with zero attached hydrogens (tertiary/aromatic N) is 2. The highest BCUT2D eigenvalue weighted by Gasteiger charge is 2.34. The molecule has 4 nitrogen and oxygen atoms in total. The van der Waals surface area contributed by atoms with Crippen LogP contribution in [-0.4, -0.2) is 53.0 Å². The largest absolute Gasteiger partial charge is 0.385 e. The number of amides is 1. The van der Waals surface area contributed by atoms with E-state index in [1.54, 1.807) is 6.92 Å². The van der Waals surface area contributed by atoms with E-state index >= 15 is 0 Å². The van der Waals surface area contributed by atoms with Crippen molar-refractivity contribution in [2.24, 2.45) is 0 Å². The Bertz CT molecular complexity index is 509. The molecule has 0 bridgehead atoms. The number of hydrogen-bond acceptors (Lipinski definition) is 3. The fourth-order valence-electron chi connectivity index (χ4n) is 3.68. The van der Waals surface area contributed by atoms with Crippen molar-refractivity contribution in [3.63, 3.8) is 0 Å². The molecule has 2 aliphatic rings. The van der Waals surface area contributed by atoms with Crippen LogP contribution in [0.25, 0.3) is 0 Å². The molecule has 1 N–H and O–H groups in total. The van der Waals surface area contributed by atoms with Gasteiger partial charge in [-0.15, -0.1) is 0 Å². The SMILES string of the molecule is CC(O)(CC(=O)N1CCC(N2CCCC2)C1)c1ccccc1. The zero-order chi connectivity index (χ0) is 15.6. The first-order valence-corrected chi connectivity index (χ1v) is 8.36. The molecule has 0 aliphatic carbocycles. The van der Waals surface area contributed by atoms with E-state index < -0.39 is 5.60 Å². The van der Waals surface area contributed by atoms with Gasteiger partial charge in [-0.2, -0.15) is 0 Å². The maximum Gasteiger partial charge on any atom is 0.225 e. The molecule has 2 atom stereocenters. The van der Waals surface area contributed by atoms with Gasteiger partial charge in [0.25, 0.3) is 0 Å². The van der Waals surface area contributed by atoms with Crippen molar-refractivity contribution in [3.8, 4) is 0 Å². The Balaban J connectivity index is 1.58. The quantitative estimate of drug-likeness (QED) is 0.925. The first-order chi connectivity index (χ1) is 10.6. The van der Waals surface area contributed by atoms with Crippen molar-refractivity contribution in [2.45, 2.75) is 44.2 Å². The molecule has 2 saturated heterocycles. The summed E-state index contributed by atoms with van der Waals surface area (Å²) in [7, 11) is 0. The molecule has 3 rings (SSSR count). The van der Waals surface area contributed by atoms with E-state index in [-0.39, 0.29) is 12.3 Å². The Morgan fingerprint density at radius 3 is 2.59 bits per heavy atom. The summed E-state index contributed by atoms with van der Waals surface area (Å²) in [5, 5.41) is 10.6. The summed E-state index contributed by atoms with van der Waals surface area (Å²) in [5.41, 5.74) is -0.289. The summed E-state index contributed by atoms with van der Waals surface area (Å²) in [6, 6.07) is 9.99. The van der Waals surface area contributed by atoms with Crippen LogP contribution in [0.15, 0.2) is 30.3 Å². The summed E-state index contributed by atoms with van der Waals surface area (Å²) < 4.78 is 0. The lowest BCUT2D eigenvalue weighted by Gasteiger charge is -2.27. The van der Waals surface area contributed by atoms with E-state index in [0.717, 1.165) is 25.1 Å². The first-order valence-electron chi connectivity index (χ1n) is 8.36. The fourth-order valence-corrected chi connectivity index (χ4v) is 3.68. The van der Waals surface area contributed by atoms with Crippen molar-refractivity contribution in [1.82, 2.24) is 9.80 Å². The maximum absolute atomic E-state index is 12.5. The van der Waals surface area contributed by atoms with E-state index in [1.807, 2.05) is 35.2 Å². The van der Waals surface area contributed by atoms with Crippen LogP contribution < -0.4 is 0 Å². The summed E-state index contributed by atoms with van der Waals surface area (Å²) in [4.78, 5) is 17.0. The number of carbonyl (C=O) groups is 1. The molecule has 1 aromatic carbocycles. The average Bonchev–Trinajstić information content (AvgIpc) is 3.19. The number of likely N-dealkylation sites (tertiary alicyclic amines) is 2. The smallest absolute Gasteiger partial charge is 0.225 e. The number of aliphatic hydroxyl groups is 1. The molecular formula is C18H26N2O2. The topological polar surface area (TPSA) is 43.8 Å². The van der Waals surface area contributed by atoms with Gasteiger partial charge in [-0.25, -0.2) is 0 Å². The van der Waals surface area contributed by atoms with Gasteiger partial charge in [-0.3, -0.25) is 9.69 Å². The predicted molar refractivity (Wildman–Crippen MR) is 86.4 cm³/mol. The third kappa shape index (κ3) is 3.33. The van der Waals surface area contributed by atoms with Gasteiger partial charge >= 0.3 is 0 Å². The molecule has 1 aromatic rings. The molecule has 0 spiro atoms. The number of rotatable bonds is 4.